The molecule has 0 aliphatic heterocycles. The van der Waals surface area contributed by atoms with Crippen LogP contribution in [0.1, 0.15) is 19.8 Å². The number of pyridine rings is 1. The number of hydrogen-bond donors (Lipinski definition) is 3. The summed E-state index contributed by atoms with van der Waals surface area (Å²) in [6.07, 6.45) is 1.88. The van der Waals surface area contributed by atoms with Gasteiger partial charge in [0.1, 0.15) is 5.82 Å². The van der Waals surface area contributed by atoms with Crippen molar-refractivity contribution >= 4 is 22.4 Å². The number of aliphatic hydroxyl groups is 1. The number of aliphatic hydroxyl groups excluding tert-OH is 1. The summed E-state index contributed by atoms with van der Waals surface area (Å²) in [6, 6.07) is 9.70. The van der Waals surface area contributed by atoms with Gasteiger partial charge in [-0.2, -0.15) is 0 Å². The summed E-state index contributed by atoms with van der Waals surface area (Å²) in [6.45, 7) is 3.22. The molecule has 0 aliphatic rings. The highest BCUT2D eigenvalue weighted by molar-refractivity contribution is 5.83. The van der Waals surface area contributed by atoms with Gasteiger partial charge in [-0.15, -0.1) is 0 Å². The predicted molar refractivity (Wildman–Crippen MR) is 80.1 cm³/mol. The third-order valence-electron chi connectivity index (χ3n) is 3.40. The summed E-state index contributed by atoms with van der Waals surface area (Å²) in [5.41, 5.74) is 7.44. The van der Waals surface area contributed by atoms with E-state index in [0.717, 1.165) is 41.8 Å². The van der Waals surface area contributed by atoms with Crippen molar-refractivity contribution in [1.82, 2.24) is 4.98 Å². The van der Waals surface area contributed by atoms with Crippen molar-refractivity contribution in [2.45, 2.75) is 19.8 Å². The maximum atomic E-state index is 8.98. The molecule has 0 fully saturated rings. The molecule has 0 spiro atoms. The molecule has 0 amide bonds. The minimum Gasteiger partial charge on any atom is -0.399 e. The number of nitrogens with two attached hydrogens (primary N) is 1. The average Bonchev–Trinajstić information content (AvgIpc) is 2.43. The fourth-order valence-corrected chi connectivity index (χ4v) is 2.12. The summed E-state index contributed by atoms with van der Waals surface area (Å²) in [5, 5.41) is 13.4. The van der Waals surface area contributed by atoms with Crippen LogP contribution in [0.4, 0.5) is 11.5 Å². The zero-order valence-corrected chi connectivity index (χ0v) is 11.3. The molecule has 0 bridgehead atoms. The molecule has 2 aromatic rings. The molecule has 4 N–H and O–H groups in total. The van der Waals surface area contributed by atoms with Crippen LogP contribution >= 0.6 is 0 Å². The molecule has 2 rings (SSSR count). The van der Waals surface area contributed by atoms with Crippen molar-refractivity contribution < 1.29 is 5.11 Å². The lowest BCUT2D eigenvalue weighted by atomic mass is 10.0. The lowest BCUT2D eigenvalue weighted by molar-refractivity contribution is 0.258. The summed E-state index contributed by atoms with van der Waals surface area (Å²) in [4.78, 5) is 4.55. The third kappa shape index (κ3) is 3.58. The Hall–Kier alpha value is -1.81. The minimum atomic E-state index is 0.241. The first-order valence-corrected chi connectivity index (χ1v) is 6.74. The minimum absolute atomic E-state index is 0.241. The van der Waals surface area contributed by atoms with Crippen LogP contribution in [0.15, 0.2) is 30.3 Å². The number of nitrogens with one attached hydrogen (secondary N) is 1. The fraction of sp³-hybridized carbons (Fsp3) is 0.400. The average molecular weight is 259 g/mol. The SMILES string of the molecule is CCC(CCO)CNc1ccc2cc(N)ccc2n1. The molecular formula is C15H21N3O. The predicted octanol–water partition coefficient (Wildman–Crippen LogP) is 2.64. The smallest absolute Gasteiger partial charge is 0.126 e. The maximum absolute atomic E-state index is 8.98. The monoisotopic (exact) mass is 259 g/mol. The third-order valence-corrected chi connectivity index (χ3v) is 3.40. The molecule has 1 aromatic carbocycles. The molecule has 0 aliphatic carbocycles. The number of hydrogen-bond acceptors (Lipinski definition) is 4. The summed E-state index contributed by atoms with van der Waals surface area (Å²) in [5.74, 6) is 1.35. The quantitative estimate of drug-likeness (QED) is 0.697. The van der Waals surface area contributed by atoms with Gasteiger partial charge < -0.3 is 16.2 Å². The van der Waals surface area contributed by atoms with E-state index < -0.39 is 0 Å². The number of nitrogens with zero attached hydrogens (tertiary/aromatic N) is 1. The van der Waals surface area contributed by atoms with Crippen LogP contribution < -0.4 is 11.1 Å². The van der Waals surface area contributed by atoms with Gasteiger partial charge in [-0.05, 0) is 42.7 Å². The number of rotatable bonds is 6. The first kappa shape index (κ1) is 13.6. The van der Waals surface area contributed by atoms with E-state index in [-0.39, 0.29) is 6.61 Å². The van der Waals surface area contributed by atoms with E-state index >= 15 is 0 Å². The zero-order chi connectivity index (χ0) is 13.7. The molecule has 1 unspecified atom stereocenters. The van der Waals surface area contributed by atoms with E-state index in [1.165, 1.54) is 0 Å². The van der Waals surface area contributed by atoms with Crippen LogP contribution in [-0.2, 0) is 0 Å². The van der Waals surface area contributed by atoms with E-state index in [1.54, 1.807) is 0 Å². The summed E-state index contributed by atoms with van der Waals surface area (Å²) < 4.78 is 0. The molecule has 19 heavy (non-hydrogen) atoms. The molecule has 1 aromatic heterocycles. The highest BCUT2D eigenvalue weighted by atomic mass is 16.3. The molecule has 4 nitrogen and oxygen atoms in total. The van der Waals surface area contributed by atoms with Crippen LogP contribution in [0.2, 0.25) is 0 Å². The van der Waals surface area contributed by atoms with Gasteiger partial charge in [0.05, 0.1) is 5.52 Å². The second kappa shape index (κ2) is 6.38. The van der Waals surface area contributed by atoms with Crippen molar-refractivity contribution in [2.24, 2.45) is 5.92 Å². The van der Waals surface area contributed by atoms with Gasteiger partial charge in [0.2, 0.25) is 0 Å². The van der Waals surface area contributed by atoms with Crippen LogP contribution in [0.5, 0.6) is 0 Å². The van der Waals surface area contributed by atoms with Crippen molar-refractivity contribution in [3.8, 4) is 0 Å². The van der Waals surface area contributed by atoms with Gasteiger partial charge in [-0.1, -0.05) is 13.3 Å². The fourth-order valence-electron chi connectivity index (χ4n) is 2.12. The van der Waals surface area contributed by atoms with Gasteiger partial charge in [0, 0.05) is 24.2 Å². The molecule has 1 heterocycles. The first-order chi connectivity index (χ1) is 9.22. The molecule has 0 saturated carbocycles. The second-order valence-electron chi connectivity index (χ2n) is 4.82. The summed E-state index contributed by atoms with van der Waals surface area (Å²) in [7, 11) is 0. The van der Waals surface area contributed by atoms with E-state index in [1.807, 2.05) is 30.3 Å². The number of fused-ring (bicyclic) bond motifs is 1. The molecule has 0 saturated heterocycles. The molecule has 0 radical (unpaired) electrons. The molecule has 1 atom stereocenters. The number of benzene rings is 1. The highest BCUT2D eigenvalue weighted by Gasteiger charge is 2.06. The number of aromatic nitrogens is 1. The van der Waals surface area contributed by atoms with Gasteiger partial charge in [0.25, 0.3) is 0 Å². The Labute approximate surface area is 113 Å². The Morgan fingerprint density at radius 2 is 2.16 bits per heavy atom. The van der Waals surface area contributed by atoms with Crippen LogP contribution in [0.3, 0.4) is 0 Å². The highest BCUT2D eigenvalue weighted by Crippen LogP contribution is 2.18. The standard InChI is InChI=1S/C15H21N3O/c1-2-11(7-8-19)10-17-15-6-3-12-9-13(16)4-5-14(12)18-15/h3-6,9,11,19H,2,7-8,10,16H2,1H3,(H,17,18). The van der Waals surface area contributed by atoms with Gasteiger partial charge in [0.15, 0.2) is 0 Å². The molecule has 4 heteroatoms. The van der Waals surface area contributed by atoms with E-state index in [0.29, 0.717) is 5.92 Å². The zero-order valence-electron chi connectivity index (χ0n) is 11.3. The topological polar surface area (TPSA) is 71.2 Å². The number of anilines is 2. The van der Waals surface area contributed by atoms with Crippen molar-refractivity contribution in [3.05, 3.63) is 30.3 Å². The van der Waals surface area contributed by atoms with E-state index in [2.05, 4.69) is 17.2 Å². The largest absolute Gasteiger partial charge is 0.399 e. The molecule has 102 valence electrons. The van der Waals surface area contributed by atoms with Gasteiger partial charge >= 0.3 is 0 Å². The Morgan fingerprint density at radius 3 is 2.89 bits per heavy atom. The Balaban J connectivity index is 2.07. The van der Waals surface area contributed by atoms with Crippen LogP contribution in [0, 0.1) is 5.92 Å². The van der Waals surface area contributed by atoms with Crippen molar-refractivity contribution in [3.63, 3.8) is 0 Å². The van der Waals surface area contributed by atoms with Crippen LogP contribution in [0.25, 0.3) is 10.9 Å². The number of nitrogen functional groups attached to an aromatic ring is 1. The maximum Gasteiger partial charge on any atom is 0.126 e. The van der Waals surface area contributed by atoms with Gasteiger partial charge in [-0.25, -0.2) is 4.98 Å². The van der Waals surface area contributed by atoms with Gasteiger partial charge in [-0.3, -0.25) is 0 Å². The second-order valence-corrected chi connectivity index (χ2v) is 4.82. The Morgan fingerprint density at radius 1 is 1.32 bits per heavy atom. The Bertz CT molecular complexity index is 542. The van der Waals surface area contributed by atoms with Crippen LogP contribution in [-0.4, -0.2) is 23.2 Å². The first-order valence-electron chi connectivity index (χ1n) is 6.74. The lowest BCUT2D eigenvalue weighted by Crippen LogP contribution is -2.15. The van der Waals surface area contributed by atoms with Crippen molar-refractivity contribution in [2.75, 3.05) is 24.2 Å². The normalized spacial score (nSPS) is 12.5. The molecular weight excluding hydrogens is 238 g/mol. The lowest BCUT2D eigenvalue weighted by Gasteiger charge is -2.15. The Kier molecular flexibility index (Phi) is 4.58. The van der Waals surface area contributed by atoms with E-state index in [9.17, 15) is 0 Å². The summed E-state index contributed by atoms with van der Waals surface area (Å²) >= 11 is 0. The van der Waals surface area contributed by atoms with Crippen molar-refractivity contribution in [1.29, 1.82) is 0 Å². The van der Waals surface area contributed by atoms with E-state index in [4.69, 9.17) is 10.8 Å².